The van der Waals surface area contributed by atoms with Gasteiger partial charge in [-0.25, -0.2) is 0 Å². The van der Waals surface area contributed by atoms with Gasteiger partial charge in [-0.2, -0.15) is 26.3 Å². The largest absolute Gasteiger partial charge is 0.416 e. The second-order valence-corrected chi connectivity index (χ2v) is 13.6. The Labute approximate surface area is 281 Å². The predicted molar refractivity (Wildman–Crippen MR) is 170 cm³/mol. The smallest absolute Gasteiger partial charge is 0.347 e. The van der Waals surface area contributed by atoms with Crippen LogP contribution in [0.25, 0.3) is 0 Å². The van der Waals surface area contributed by atoms with Crippen molar-refractivity contribution < 1.29 is 35.9 Å². The lowest BCUT2D eigenvalue weighted by Crippen LogP contribution is -2.64. The molecule has 1 unspecified atom stereocenters. The van der Waals surface area contributed by atoms with Gasteiger partial charge in [0.25, 0.3) is 5.91 Å². The number of benzene rings is 2. The lowest BCUT2D eigenvalue weighted by Gasteiger charge is -2.50. The molecule has 0 aliphatic carbocycles. The average Bonchev–Trinajstić information content (AvgIpc) is 3.03. The van der Waals surface area contributed by atoms with E-state index < -0.39 is 40.5 Å². The molecule has 0 saturated carbocycles. The molecule has 0 spiro atoms. The Hall–Kier alpha value is -2.54. The van der Waals surface area contributed by atoms with Gasteiger partial charge in [0.1, 0.15) is 5.54 Å². The number of halogens is 8. The number of rotatable bonds is 9. The minimum atomic E-state index is -5.07. The molecular weight excluding hydrogens is 669 g/mol. The second kappa shape index (κ2) is 14.9. The van der Waals surface area contributed by atoms with Gasteiger partial charge < -0.3 is 14.7 Å². The second-order valence-electron chi connectivity index (χ2n) is 12.8. The van der Waals surface area contributed by atoms with E-state index in [0.717, 1.165) is 42.8 Å². The summed E-state index contributed by atoms with van der Waals surface area (Å²) in [5, 5.41) is 0.597. The Morgan fingerprint density at radius 3 is 1.91 bits per heavy atom. The number of carbonyl (C=O) groups is 2. The van der Waals surface area contributed by atoms with Crippen LogP contribution in [0.2, 0.25) is 10.0 Å². The molecule has 1 atom stereocenters. The third-order valence-corrected chi connectivity index (χ3v) is 10.1. The fourth-order valence-corrected chi connectivity index (χ4v) is 7.04. The number of likely N-dealkylation sites (tertiary alicyclic amines) is 2. The van der Waals surface area contributed by atoms with Crippen molar-refractivity contribution in [1.29, 1.82) is 0 Å². The molecule has 2 fully saturated rings. The fourth-order valence-electron chi connectivity index (χ4n) is 6.73. The van der Waals surface area contributed by atoms with Crippen molar-refractivity contribution in [2.45, 2.75) is 62.3 Å². The summed E-state index contributed by atoms with van der Waals surface area (Å²) >= 11 is 12.4. The molecule has 0 aromatic heterocycles. The first-order valence-corrected chi connectivity index (χ1v) is 16.4. The molecule has 260 valence electrons. The summed E-state index contributed by atoms with van der Waals surface area (Å²) in [4.78, 5) is 34.2. The van der Waals surface area contributed by atoms with Gasteiger partial charge in [0.2, 0.25) is 5.91 Å². The van der Waals surface area contributed by atoms with E-state index in [-0.39, 0.29) is 29.5 Å². The number of likely N-dealkylation sites (N-methyl/N-ethyl adjacent to an activating group) is 2. The third kappa shape index (κ3) is 8.93. The monoisotopic (exact) mass is 708 g/mol. The number of carbonyl (C=O) groups excluding carboxylic acids is 2. The molecule has 0 N–H and O–H groups in total. The fraction of sp³-hybridized carbons (Fsp3) is 0.576. The summed E-state index contributed by atoms with van der Waals surface area (Å²) in [6, 6.07) is 5.90. The molecule has 2 aliphatic heterocycles. The molecule has 2 aliphatic rings. The standard InChI is InChI=1S/C33H40Cl2F6N4O2/c1-42(2)30(47)31(45-12-5-4-6-13-45)10-15-44(16-11-31)14-9-23(22-7-8-27(34)28(35)19-22)21-43(3)29(46)24-17-25(32(36,37)38)20-26(18-24)33(39,40)41/h7-8,17-20,23H,4-6,9-16,21H2,1-3H3. The maximum atomic E-state index is 13.5. The van der Waals surface area contributed by atoms with Crippen LogP contribution < -0.4 is 0 Å². The van der Waals surface area contributed by atoms with Crippen molar-refractivity contribution in [1.82, 2.24) is 19.6 Å². The van der Waals surface area contributed by atoms with E-state index in [1.165, 1.54) is 7.05 Å². The van der Waals surface area contributed by atoms with Gasteiger partial charge >= 0.3 is 12.4 Å². The molecule has 2 aromatic rings. The van der Waals surface area contributed by atoms with Gasteiger partial charge in [0, 0.05) is 52.3 Å². The van der Waals surface area contributed by atoms with E-state index in [9.17, 15) is 35.9 Å². The first-order chi connectivity index (χ1) is 21.9. The van der Waals surface area contributed by atoms with E-state index in [1.54, 1.807) is 37.2 Å². The molecule has 6 nitrogen and oxygen atoms in total. The van der Waals surface area contributed by atoms with Gasteiger partial charge in [0.05, 0.1) is 21.2 Å². The van der Waals surface area contributed by atoms with Crippen molar-refractivity contribution in [2.75, 3.05) is 60.4 Å². The average molecular weight is 710 g/mol. The minimum absolute atomic E-state index is 0.0000147. The zero-order chi connectivity index (χ0) is 34.7. The van der Waals surface area contributed by atoms with Gasteiger partial charge in [-0.1, -0.05) is 35.7 Å². The maximum Gasteiger partial charge on any atom is 0.416 e. The van der Waals surface area contributed by atoms with Crippen molar-refractivity contribution in [3.8, 4) is 0 Å². The van der Waals surface area contributed by atoms with Crippen LogP contribution in [0.3, 0.4) is 0 Å². The van der Waals surface area contributed by atoms with Crippen molar-refractivity contribution in [3.05, 3.63) is 68.7 Å². The first kappa shape index (κ1) is 37.3. The van der Waals surface area contributed by atoms with E-state index in [2.05, 4.69) is 9.80 Å². The van der Waals surface area contributed by atoms with Crippen LogP contribution in [0.15, 0.2) is 36.4 Å². The highest BCUT2D eigenvalue weighted by Gasteiger charge is 2.47. The topological polar surface area (TPSA) is 47.1 Å². The SMILES string of the molecule is CN(C)C(=O)C1(N2CCCCC2)CCN(CCC(CN(C)C(=O)c2cc(C(F)(F)F)cc(C(F)(F)F)c2)c2ccc(Cl)c(Cl)c2)CC1. The van der Waals surface area contributed by atoms with Gasteiger partial charge in [-0.15, -0.1) is 0 Å². The highest BCUT2D eigenvalue weighted by Crippen LogP contribution is 2.38. The number of hydrogen-bond acceptors (Lipinski definition) is 4. The zero-order valence-electron chi connectivity index (χ0n) is 26.7. The predicted octanol–water partition coefficient (Wildman–Crippen LogP) is 7.69. The van der Waals surface area contributed by atoms with E-state index in [0.29, 0.717) is 56.1 Å². The van der Waals surface area contributed by atoms with Gasteiger partial charge in [-0.3, -0.25) is 14.5 Å². The summed E-state index contributed by atoms with van der Waals surface area (Å²) in [6.45, 7) is 3.69. The normalized spacial score (nSPS) is 18.5. The molecule has 2 saturated heterocycles. The van der Waals surface area contributed by atoms with E-state index in [4.69, 9.17) is 23.2 Å². The van der Waals surface area contributed by atoms with Crippen LogP contribution in [0.5, 0.6) is 0 Å². The Bertz CT molecular complexity index is 1390. The van der Waals surface area contributed by atoms with Crippen molar-refractivity contribution >= 4 is 35.0 Å². The minimum Gasteiger partial charge on any atom is -0.347 e. The summed E-state index contributed by atoms with van der Waals surface area (Å²) in [6.07, 6.45) is -5.05. The van der Waals surface area contributed by atoms with Crippen LogP contribution in [0, 0.1) is 0 Å². The number of hydrogen-bond donors (Lipinski definition) is 0. The highest BCUT2D eigenvalue weighted by molar-refractivity contribution is 6.42. The number of amides is 2. The van der Waals surface area contributed by atoms with Crippen LogP contribution in [0.1, 0.15) is 71.5 Å². The molecule has 2 aromatic carbocycles. The number of alkyl halides is 6. The molecule has 14 heteroatoms. The Balaban J connectivity index is 1.52. The summed E-state index contributed by atoms with van der Waals surface area (Å²) in [7, 11) is 4.91. The van der Waals surface area contributed by atoms with Gasteiger partial charge in [0.15, 0.2) is 0 Å². The quantitative estimate of drug-likeness (QED) is 0.251. The molecule has 0 radical (unpaired) electrons. The van der Waals surface area contributed by atoms with Crippen LogP contribution >= 0.6 is 23.2 Å². The molecular formula is C33H40Cl2F6N4O2. The Morgan fingerprint density at radius 2 is 1.40 bits per heavy atom. The molecule has 4 rings (SSSR count). The van der Waals surface area contributed by atoms with Crippen LogP contribution in [0.4, 0.5) is 26.3 Å². The van der Waals surface area contributed by atoms with E-state index >= 15 is 0 Å². The van der Waals surface area contributed by atoms with Crippen molar-refractivity contribution in [3.63, 3.8) is 0 Å². The Morgan fingerprint density at radius 1 is 0.830 bits per heavy atom. The molecule has 47 heavy (non-hydrogen) atoms. The number of nitrogens with zero attached hydrogens (tertiary/aromatic N) is 4. The maximum absolute atomic E-state index is 13.5. The summed E-state index contributed by atoms with van der Waals surface area (Å²) < 4.78 is 80.8. The lowest BCUT2D eigenvalue weighted by atomic mass is 9.82. The first-order valence-electron chi connectivity index (χ1n) is 15.6. The molecule has 2 heterocycles. The number of piperidine rings is 2. The van der Waals surface area contributed by atoms with E-state index in [1.807, 2.05) is 0 Å². The highest BCUT2D eigenvalue weighted by atomic mass is 35.5. The lowest BCUT2D eigenvalue weighted by molar-refractivity contribution is -0.147. The Kier molecular flexibility index (Phi) is 11.8. The molecule has 0 bridgehead atoms. The third-order valence-electron chi connectivity index (χ3n) is 9.33. The summed E-state index contributed by atoms with van der Waals surface area (Å²) in [5.74, 6) is -1.24. The van der Waals surface area contributed by atoms with Crippen LogP contribution in [-0.4, -0.2) is 97.4 Å². The zero-order valence-corrected chi connectivity index (χ0v) is 28.2. The molecule has 2 amide bonds. The van der Waals surface area contributed by atoms with Crippen LogP contribution in [-0.2, 0) is 17.1 Å². The van der Waals surface area contributed by atoms with Crippen molar-refractivity contribution in [2.24, 2.45) is 0 Å². The van der Waals surface area contributed by atoms with Gasteiger partial charge in [-0.05, 0) is 87.6 Å². The summed E-state index contributed by atoms with van der Waals surface area (Å²) in [5.41, 5.74) is -3.65.